The quantitative estimate of drug-likeness (QED) is 0.0700. The minimum atomic E-state index is -0.910. The summed E-state index contributed by atoms with van der Waals surface area (Å²) >= 11 is 2.97. The second-order valence-electron chi connectivity index (χ2n) is 12.6. The number of nitrogens with one attached hydrogen (secondary N) is 4. The van der Waals surface area contributed by atoms with E-state index in [0.717, 1.165) is 26.7 Å². The lowest BCUT2D eigenvalue weighted by atomic mass is 9.95. The van der Waals surface area contributed by atoms with Crippen molar-refractivity contribution < 1.29 is 23.9 Å². The lowest BCUT2D eigenvalue weighted by Gasteiger charge is -2.27. The number of hydrogen-bond acceptors (Lipinski definition) is 9. The average molecular weight is 734 g/mol. The normalized spacial score (nSPS) is 12.7. The number of ether oxygens (including phenoxy) is 1. The average Bonchev–Trinajstić information content (AvgIpc) is 3.83. The van der Waals surface area contributed by atoms with Gasteiger partial charge in [-0.1, -0.05) is 74.5 Å². The summed E-state index contributed by atoms with van der Waals surface area (Å²) in [5.74, 6) is -0.0739. The summed E-state index contributed by atoms with van der Waals surface area (Å²) in [6, 6.07) is 17.8. The zero-order valence-electron chi connectivity index (χ0n) is 29.2. The number of carbonyl (C=O) groups is 4. The molecule has 0 aliphatic rings. The monoisotopic (exact) mass is 733 g/mol. The zero-order valence-corrected chi connectivity index (χ0v) is 30.9. The number of urea groups is 1. The fourth-order valence-corrected chi connectivity index (χ4v) is 6.73. The number of alkyl carbamates (subject to hydrolysis) is 1. The van der Waals surface area contributed by atoms with Crippen LogP contribution in [-0.2, 0) is 40.3 Å². The van der Waals surface area contributed by atoms with E-state index in [1.165, 1.54) is 16.2 Å². The third-order valence-electron chi connectivity index (χ3n) is 8.09. The number of aromatic nitrogens is 2. The molecule has 51 heavy (non-hydrogen) atoms. The van der Waals surface area contributed by atoms with Gasteiger partial charge in [-0.05, 0) is 43.2 Å². The Labute approximate surface area is 307 Å². The number of rotatable bonds is 20. The predicted molar refractivity (Wildman–Crippen MR) is 199 cm³/mol. The van der Waals surface area contributed by atoms with E-state index in [9.17, 15) is 19.2 Å². The van der Waals surface area contributed by atoms with Crippen molar-refractivity contribution in [2.75, 3.05) is 13.6 Å². The van der Waals surface area contributed by atoms with Crippen LogP contribution in [0.25, 0.3) is 0 Å². The number of thiazole rings is 2. The molecule has 0 bridgehead atoms. The van der Waals surface area contributed by atoms with Crippen molar-refractivity contribution in [2.45, 2.75) is 83.1 Å². The van der Waals surface area contributed by atoms with Gasteiger partial charge in [0.15, 0.2) is 0 Å². The van der Waals surface area contributed by atoms with Gasteiger partial charge in [-0.3, -0.25) is 14.6 Å². The molecule has 0 spiro atoms. The van der Waals surface area contributed by atoms with E-state index in [1.807, 2.05) is 66.0 Å². The number of carbonyl (C=O) groups excluding carboxylic acids is 4. The van der Waals surface area contributed by atoms with E-state index >= 15 is 0 Å². The van der Waals surface area contributed by atoms with Crippen LogP contribution in [0.2, 0.25) is 0 Å². The maximum atomic E-state index is 13.9. The molecule has 4 rings (SSSR count). The molecule has 3 atom stereocenters. The molecular weight excluding hydrogens is 687 g/mol. The van der Waals surface area contributed by atoms with Crippen LogP contribution in [0.1, 0.15) is 65.7 Å². The summed E-state index contributed by atoms with van der Waals surface area (Å²) in [6.45, 7) is 4.76. The second-order valence-corrected chi connectivity index (χ2v) is 14.5. The molecule has 14 heteroatoms. The van der Waals surface area contributed by atoms with Crippen molar-refractivity contribution >= 4 is 47.1 Å². The smallest absolute Gasteiger partial charge is 0.407 e. The third-order valence-corrected chi connectivity index (χ3v) is 10.0. The van der Waals surface area contributed by atoms with Crippen LogP contribution in [0.4, 0.5) is 9.59 Å². The van der Waals surface area contributed by atoms with Crippen molar-refractivity contribution in [1.29, 1.82) is 0 Å². The lowest BCUT2D eigenvalue weighted by molar-refractivity contribution is -0.124. The van der Waals surface area contributed by atoms with Crippen molar-refractivity contribution in [2.24, 2.45) is 0 Å². The number of hydrogen-bond donors (Lipinski definition) is 4. The fourth-order valence-electron chi connectivity index (χ4n) is 5.40. The van der Waals surface area contributed by atoms with Crippen LogP contribution < -0.4 is 21.3 Å². The molecule has 2 aromatic carbocycles. The molecule has 3 unspecified atom stereocenters. The largest absolute Gasteiger partial charge is 0.444 e. The molecule has 5 amide bonds. The van der Waals surface area contributed by atoms with Crippen LogP contribution in [-0.4, -0.2) is 71.0 Å². The van der Waals surface area contributed by atoms with Gasteiger partial charge in [0.1, 0.15) is 12.6 Å². The molecule has 2 heterocycles. The van der Waals surface area contributed by atoms with E-state index < -0.39 is 18.2 Å². The van der Waals surface area contributed by atoms with Gasteiger partial charge in [0, 0.05) is 43.2 Å². The Kier molecular flexibility index (Phi) is 15.9. The van der Waals surface area contributed by atoms with Crippen molar-refractivity contribution in [3.05, 3.63) is 104 Å². The van der Waals surface area contributed by atoms with Gasteiger partial charge in [-0.25, -0.2) is 14.6 Å². The molecule has 0 aliphatic carbocycles. The summed E-state index contributed by atoms with van der Waals surface area (Å²) < 4.78 is 5.48. The Morgan fingerprint density at radius 3 is 2.10 bits per heavy atom. The summed E-state index contributed by atoms with van der Waals surface area (Å²) in [6.07, 6.45) is 4.09. The lowest BCUT2D eigenvalue weighted by Crippen LogP contribution is -2.53. The first kappa shape index (κ1) is 39.0. The standard InChI is InChI=1S/C37H47N7O5S2/c1-26(2)35-41-31(23-50-35)21-44(3)36(47)43-33(16-17-38-24-45)34(46)40-29(18-27-10-6-4-7-11-27)14-15-30(19-28-12-8-5-9-13-28)42-37(48)49-22-32-20-39-25-51-32/h4-13,20,23-26,29-30,33H,14-19,21-22H2,1-3H3,(H,38,45)(H,40,46)(H,42,48)(H,43,47). The van der Waals surface area contributed by atoms with Crippen LogP contribution in [0, 0.1) is 0 Å². The highest BCUT2D eigenvalue weighted by Crippen LogP contribution is 2.20. The Morgan fingerprint density at radius 1 is 0.882 bits per heavy atom. The van der Waals surface area contributed by atoms with Crippen molar-refractivity contribution in [3.63, 3.8) is 0 Å². The topological polar surface area (TPSA) is 155 Å². The van der Waals surface area contributed by atoms with Crippen LogP contribution in [0.3, 0.4) is 0 Å². The first-order valence-electron chi connectivity index (χ1n) is 17.0. The molecular formula is C37H47N7O5S2. The van der Waals surface area contributed by atoms with Crippen LogP contribution in [0.5, 0.6) is 0 Å². The van der Waals surface area contributed by atoms with Gasteiger partial charge in [-0.15, -0.1) is 22.7 Å². The highest BCUT2D eigenvalue weighted by atomic mass is 32.1. The Morgan fingerprint density at radius 2 is 1.53 bits per heavy atom. The van der Waals surface area contributed by atoms with Gasteiger partial charge in [0.05, 0.1) is 27.6 Å². The van der Waals surface area contributed by atoms with Crippen molar-refractivity contribution in [3.8, 4) is 0 Å². The van der Waals surface area contributed by atoms with Gasteiger partial charge in [0.2, 0.25) is 12.3 Å². The van der Waals surface area contributed by atoms with Crippen molar-refractivity contribution in [1.82, 2.24) is 36.1 Å². The van der Waals surface area contributed by atoms with E-state index in [4.69, 9.17) is 4.74 Å². The number of amides is 5. The highest BCUT2D eigenvalue weighted by molar-refractivity contribution is 7.09. The first-order valence-corrected chi connectivity index (χ1v) is 18.8. The summed E-state index contributed by atoms with van der Waals surface area (Å²) in [5, 5.41) is 14.6. The summed E-state index contributed by atoms with van der Waals surface area (Å²) in [5.41, 5.74) is 4.56. The predicted octanol–water partition coefficient (Wildman–Crippen LogP) is 5.41. The first-order chi connectivity index (χ1) is 24.7. The minimum Gasteiger partial charge on any atom is -0.444 e. The molecule has 0 radical (unpaired) electrons. The van der Waals surface area contributed by atoms with Gasteiger partial charge in [0.25, 0.3) is 0 Å². The molecule has 272 valence electrons. The maximum Gasteiger partial charge on any atom is 0.407 e. The van der Waals surface area contributed by atoms with E-state index in [0.29, 0.717) is 32.1 Å². The van der Waals surface area contributed by atoms with Gasteiger partial charge >= 0.3 is 12.1 Å². The Balaban J connectivity index is 1.45. The fraction of sp³-hybridized carbons (Fsp3) is 0.405. The van der Waals surface area contributed by atoms with E-state index in [1.54, 1.807) is 30.1 Å². The molecule has 12 nitrogen and oxygen atoms in total. The van der Waals surface area contributed by atoms with Crippen LogP contribution >= 0.6 is 22.7 Å². The highest BCUT2D eigenvalue weighted by Gasteiger charge is 2.26. The minimum absolute atomic E-state index is 0.130. The van der Waals surface area contributed by atoms with Gasteiger partial charge < -0.3 is 30.9 Å². The SMILES string of the molecule is CC(C)c1nc(CN(C)C(=O)NC(CCNC=O)C(=O)NC(CCC(Cc2ccccc2)NC(=O)OCc2cncs2)Cc2ccccc2)cs1. The second kappa shape index (κ2) is 20.8. The van der Waals surface area contributed by atoms with Gasteiger partial charge in [-0.2, -0.15) is 0 Å². The molecule has 4 aromatic rings. The molecule has 0 saturated heterocycles. The Hall–Kier alpha value is -4.82. The maximum absolute atomic E-state index is 13.9. The Bertz CT molecular complexity index is 1640. The van der Waals surface area contributed by atoms with E-state index in [-0.39, 0.29) is 50.0 Å². The van der Waals surface area contributed by atoms with E-state index in [2.05, 4.69) is 45.1 Å². The molecule has 0 aliphatic heterocycles. The number of nitrogens with zero attached hydrogens (tertiary/aromatic N) is 3. The summed E-state index contributed by atoms with van der Waals surface area (Å²) in [4.78, 5) is 62.1. The molecule has 2 aromatic heterocycles. The third kappa shape index (κ3) is 13.8. The zero-order chi connectivity index (χ0) is 36.4. The molecule has 4 N–H and O–H groups in total. The molecule has 0 fully saturated rings. The van der Waals surface area contributed by atoms with Crippen LogP contribution in [0.15, 0.2) is 77.8 Å². The molecule has 0 saturated carbocycles. The summed E-state index contributed by atoms with van der Waals surface area (Å²) in [7, 11) is 1.66. The number of benzene rings is 2.